The van der Waals surface area contributed by atoms with Gasteiger partial charge >= 0.3 is 0 Å². The zero-order chi connectivity index (χ0) is 50.4. The van der Waals surface area contributed by atoms with Gasteiger partial charge in [0.2, 0.25) is 0 Å². The van der Waals surface area contributed by atoms with Gasteiger partial charge in [0.15, 0.2) is 17.3 Å². The molecular weight excluding hydrogens is 909 g/mol. The van der Waals surface area contributed by atoms with Crippen molar-refractivity contribution in [1.82, 2.24) is 16.0 Å². The van der Waals surface area contributed by atoms with E-state index < -0.39 is 35.7 Å². The molecule has 3 aromatic carbocycles. The molecule has 13 heteroatoms. The molecule has 386 valence electrons. The summed E-state index contributed by atoms with van der Waals surface area (Å²) in [6, 6.07) is 17.8. The van der Waals surface area contributed by atoms with Crippen molar-refractivity contribution in [2.75, 3.05) is 39.9 Å². The average Bonchev–Trinajstić information content (AvgIpc) is 3.42. The first-order valence-electron chi connectivity index (χ1n) is 27.0. The number of ether oxygens (including phenoxy) is 1. The highest BCUT2D eigenvalue weighted by Crippen LogP contribution is 2.62. The van der Waals surface area contributed by atoms with Gasteiger partial charge in [-0.15, -0.1) is 0 Å². The lowest BCUT2D eigenvalue weighted by molar-refractivity contribution is -0.187. The van der Waals surface area contributed by atoms with Crippen LogP contribution in [0.3, 0.4) is 0 Å². The van der Waals surface area contributed by atoms with Gasteiger partial charge < -0.3 is 57.1 Å². The lowest BCUT2D eigenvalue weighted by Crippen LogP contribution is -2.69. The van der Waals surface area contributed by atoms with Crippen molar-refractivity contribution < 1.29 is 45.0 Å². The second kappa shape index (κ2) is 21.2. The predicted octanol–water partition coefficient (Wildman–Crippen LogP) is 4.95. The fourth-order valence-electron chi connectivity index (χ4n) is 15.8. The molecule has 1 saturated heterocycles. The maximum absolute atomic E-state index is 14.9. The quantitative estimate of drug-likeness (QED) is 0.0967. The van der Waals surface area contributed by atoms with Gasteiger partial charge in [-0.05, 0) is 176 Å². The first-order valence-corrected chi connectivity index (χ1v) is 27.0. The van der Waals surface area contributed by atoms with E-state index in [0.29, 0.717) is 75.3 Å². The summed E-state index contributed by atoms with van der Waals surface area (Å²) in [5, 5.41) is 83.7. The highest BCUT2D eigenvalue weighted by Gasteiger charge is 2.63. The van der Waals surface area contributed by atoms with E-state index in [1.807, 2.05) is 18.2 Å². The number of piperidine rings is 1. The number of carbonyl (C=O) groups excluding carboxylic acids is 2. The van der Waals surface area contributed by atoms with Crippen LogP contribution < -0.4 is 26.4 Å². The van der Waals surface area contributed by atoms with Crippen molar-refractivity contribution in [1.29, 1.82) is 0 Å². The molecule has 0 bridgehead atoms. The molecule has 11 N–H and O–H groups in total. The number of aryl methyl sites for hydroxylation is 1. The zero-order valence-electron chi connectivity index (χ0n) is 41.9. The summed E-state index contributed by atoms with van der Waals surface area (Å²) in [5.41, 5.74) is 8.16. The number of aliphatic hydroxyl groups is 5. The number of aromatic hydroxyl groups is 1. The number of dihydropyridines is 1. The highest BCUT2D eigenvalue weighted by atomic mass is 16.5. The Hall–Kier alpha value is -4.78. The van der Waals surface area contributed by atoms with Crippen LogP contribution >= 0.6 is 0 Å². The molecule has 1 spiro atoms. The fraction of sp³-hybridized carbons (Fsp3) is 0.593. The second-order valence-corrected chi connectivity index (χ2v) is 22.6. The minimum absolute atomic E-state index is 0.00680. The molecule has 13 nitrogen and oxygen atoms in total. The minimum atomic E-state index is -1.39. The number of fused-ring (bicyclic) bond motifs is 2. The Balaban J connectivity index is 0.952. The number of phenols is 1. The van der Waals surface area contributed by atoms with E-state index in [0.717, 1.165) is 40.6 Å². The summed E-state index contributed by atoms with van der Waals surface area (Å²) in [6.07, 6.45) is 3.90. The summed E-state index contributed by atoms with van der Waals surface area (Å²) in [7, 11) is 1.47. The normalized spacial score (nSPS) is 35.4. The molecule has 0 unspecified atom stereocenters. The van der Waals surface area contributed by atoms with Crippen LogP contribution in [-0.2, 0) is 16.0 Å². The molecular formula is C59H76N4O9. The molecule has 4 saturated carbocycles. The van der Waals surface area contributed by atoms with E-state index in [1.54, 1.807) is 12.1 Å². The number of hydrogen-bond donors (Lipinski definition) is 10. The molecule has 7 aliphatic rings. The van der Waals surface area contributed by atoms with E-state index >= 15 is 0 Å². The maximum atomic E-state index is 14.9. The largest absolute Gasteiger partial charge is 0.504 e. The summed E-state index contributed by atoms with van der Waals surface area (Å²) in [5.74, 6) is 7.66. The number of ketones is 2. The number of phenolic OH excluding ortho intramolecular Hbond substituents is 1. The van der Waals surface area contributed by atoms with Crippen LogP contribution in [0.25, 0.3) is 10.8 Å². The van der Waals surface area contributed by atoms with Gasteiger partial charge in [0.25, 0.3) is 0 Å². The van der Waals surface area contributed by atoms with Crippen LogP contribution in [0.1, 0.15) is 99.7 Å². The van der Waals surface area contributed by atoms with Crippen molar-refractivity contribution in [2.45, 2.75) is 120 Å². The van der Waals surface area contributed by atoms with E-state index in [1.165, 1.54) is 7.11 Å². The first kappa shape index (κ1) is 50.7. The van der Waals surface area contributed by atoms with Crippen LogP contribution in [0.15, 0.2) is 78.1 Å². The standard InChI is InChI=1S/C59H76N4O9/c1-3-61-30-45-55(41(15-19-64)44-31-63-46-27-40(65)21-39-23-50(69)57(45)58(44)56(39)46)38-13-17-59(53(71)25-38)16-12-36(43-29-49(68)51(72-2)24-35(43)10-11-52(59)70)22-47(66)48(67)28-42(37-14-18-62-54(60)26-37)34-9-8-32-6-4-5-7-33(32)20-34/h4-9,14,20,24,26,29,36,38-39,41-42,44-48,50,53,55-58,61-64,66-69,71H,3,10-11,13,15,17-19,21-23,25,27-28,30-31,60H2,1-2H3/t36-,38+,39-,41+,42+,44+,45+,46-,47+,48-,50-,53-,55+,56-,57+,58-,59-/m1/s1. The molecule has 2 heterocycles. The Kier molecular flexibility index (Phi) is 15.0. The molecule has 0 aromatic heterocycles. The van der Waals surface area contributed by atoms with E-state index in [-0.39, 0.29) is 115 Å². The highest BCUT2D eigenvalue weighted by molar-refractivity contribution is 5.89. The third kappa shape index (κ3) is 9.51. The van der Waals surface area contributed by atoms with Gasteiger partial charge in [-0.2, -0.15) is 0 Å². The summed E-state index contributed by atoms with van der Waals surface area (Å²) in [6.45, 7) is 4.84. The van der Waals surface area contributed by atoms with Crippen molar-refractivity contribution in [3.05, 3.63) is 94.8 Å². The predicted molar refractivity (Wildman–Crippen MR) is 275 cm³/mol. The van der Waals surface area contributed by atoms with Gasteiger partial charge in [0, 0.05) is 50.3 Å². The molecule has 5 aliphatic carbocycles. The van der Waals surface area contributed by atoms with Crippen molar-refractivity contribution in [3.63, 3.8) is 0 Å². The summed E-state index contributed by atoms with van der Waals surface area (Å²) in [4.78, 5) is 27.8. The number of methoxy groups -OCH3 is 1. The SMILES string of the molecule is CCNC[C@H]1[C@@H]([C@H]2CC[C@@]3(C#C[C@H](C[C@H](O)[C@H](O)C[C@H](C4=CCNC(N)=C4)c4ccc5ccccc5c4)c4cc(O)c(OC)cc4CCC3=O)[C@H](O)C2)[C@@H](CCO)[C@@H]2CN[C@@H]3CC(=O)C[C@@H]4C[C@@H](O)[C@H]1[C@H]2[C@H]43. The van der Waals surface area contributed by atoms with Gasteiger partial charge in [-0.3, -0.25) is 9.59 Å². The molecule has 5 fully saturated rings. The number of rotatable bonds is 14. The Bertz CT molecular complexity index is 2620. The van der Waals surface area contributed by atoms with Crippen molar-refractivity contribution >= 4 is 22.3 Å². The lowest BCUT2D eigenvalue weighted by Gasteiger charge is -2.65. The number of Topliss-reactive ketones (excluding diaryl/α,β-unsaturated/α-hetero) is 2. The molecule has 0 amide bonds. The van der Waals surface area contributed by atoms with Crippen LogP contribution in [0.2, 0.25) is 0 Å². The summed E-state index contributed by atoms with van der Waals surface area (Å²) < 4.78 is 5.54. The summed E-state index contributed by atoms with van der Waals surface area (Å²) >= 11 is 0. The Morgan fingerprint density at radius 2 is 1.76 bits per heavy atom. The third-order valence-electron chi connectivity index (χ3n) is 19.0. The average molecular weight is 985 g/mol. The minimum Gasteiger partial charge on any atom is -0.504 e. The topological polar surface area (TPSA) is 227 Å². The number of nitrogens with one attached hydrogen (secondary N) is 3. The van der Waals surface area contributed by atoms with E-state index in [4.69, 9.17) is 10.5 Å². The monoisotopic (exact) mass is 985 g/mol. The maximum Gasteiger partial charge on any atom is 0.160 e. The third-order valence-corrected chi connectivity index (χ3v) is 19.0. The van der Waals surface area contributed by atoms with Gasteiger partial charge in [0.1, 0.15) is 11.2 Å². The van der Waals surface area contributed by atoms with E-state index in [2.05, 4.69) is 71.1 Å². The van der Waals surface area contributed by atoms with Crippen LogP contribution in [0.4, 0.5) is 0 Å². The second-order valence-electron chi connectivity index (χ2n) is 22.6. The molecule has 10 rings (SSSR count). The van der Waals surface area contributed by atoms with Gasteiger partial charge in [0.05, 0.1) is 37.3 Å². The molecule has 3 aromatic rings. The first-order chi connectivity index (χ1) is 34.8. The van der Waals surface area contributed by atoms with E-state index in [9.17, 15) is 40.2 Å². The zero-order valence-corrected chi connectivity index (χ0v) is 41.9. The van der Waals surface area contributed by atoms with Crippen LogP contribution in [0, 0.1) is 70.5 Å². The number of benzene rings is 3. The van der Waals surface area contributed by atoms with Crippen molar-refractivity contribution in [2.24, 2.45) is 64.4 Å². The smallest absolute Gasteiger partial charge is 0.160 e. The lowest BCUT2D eigenvalue weighted by atomic mass is 9.42. The van der Waals surface area contributed by atoms with Crippen molar-refractivity contribution in [3.8, 4) is 23.3 Å². The van der Waals surface area contributed by atoms with Crippen LogP contribution in [0.5, 0.6) is 11.5 Å². The molecule has 2 aliphatic heterocycles. The number of carbonyl (C=O) groups is 2. The number of hydrogen-bond acceptors (Lipinski definition) is 13. The van der Waals surface area contributed by atoms with Crippen LogP contribution in [-0.4, -0.2) is 113 Å². The number of aliphatic hydroxyl groups excluding tert-OH is 5. The Morgan fingerprint density at radius 1 is 0.944 bits per heavy atom. The number of allylic oxidation sites excluding steroid dienone is 2. The molecule has 0 radical (unpaired) electrons. The molecule has 17 atom stereocenters. The Labute approximate surface area is 424 Å². The Morgan fingerprint density at radius 3 is 2.53 bits per heavy atom. The number of nitrogens with two attached hydrogens (primary N) is 1. The fourth-order valence-corrected chi connectivity index (χ4v) is 15.8. The van der Waals surface area contributed by atoms with Gasteiger partial charge in [-0.1, -0.05) is 67.3 Å². The molecule has 72 heavy (non-hydrogen) atoms. The van der Waals surface area contributed by atoms with Gasteiger partial charge in [-0.25, -0.2) is 0 Å².